The molecule has 0 aromatic carbocycles. The maximum atomic E-state index is 12.3. The van der Waals surface area contributed by atoms with Crippen LogP contribution in [0.1, 0.15) is 34.6 Å². The Labute approximate surface area is 163 Å². The quantitative estimate of drug-likeness (QED) is 0.474. The summed E-state index contributed by atoms with van der Waals surface area (Å²) in [6.45, 7) is 0.613. The molecule has 28 heavy (non-hydrogen) atoms. The summed E-state index contributed by atoms with van der Waals surface area (Å²) >= 11 is 1.36. The Hall–Kier alpha value is -3.21. The molecule has 0 radical (unpaired) electrons. The van der Waals surface area contributed by atoms with Crippen molar-refractivity contribution in [3.8, 4) is 0 Å². The Bertz CT molecular complexity index is 1020. The minimum absolute atomic E-state index is 0.186. The fourth-order valence-corrected chi connectivity index (χ4v) is 3.30. The average molecular weight is 408 g/mol. The number of aromatic nitrogens is 2. The number of hydrogen-bond acceptors (Lipinski definition) is 8. The summed E-state index contributed by atoms with van der Waals surface area (Å²) < 4.78 is 6.67. The molecule has 0 saturated carbocycles. The molecule has 11 heteroatoms. The molecule has 0 saturated heterocycles. The van der Waals surface area contributed by atoms with Crippen LogP contribution in [0.5, 0.6) is 0 Å². The summed E-state index contributed by atoms with van der Waals surface area (Å²) in [4.78, 5) is 60.5. The van der Waals surface area contributed by atoms with Crippen LogP contribution in [0.2, 0.25) is 0 Å². The van der Waals surface area contributed by atoms with Crippen molar-refractivity contribution in [1.29, 1.82) is 0 Å². The Morgan fingerprint density at radius 2 is 1.93 bits per heavy atom. The van der Waals surface area contributed by atoms with E-state index in [1.54, 1.807) is 17.5 Å². The van der Waals surface area contributed by atoms with Crippen LogP contribution in [0.15, 0.2) is 27.1 Å². The highest BCUT2D eigenvalue weighted by atomic mass is 32.1. The number of anilines is 1. The Morgan fingerprint density at radius 1 is 1.25 bits per heavy atom. The lowest BCUT2D eigenvalue weighted by Crippen LogP contribution is -2.42. The monoisotopic (exact) mass is 408 g/mol. The van der Waals surface area contributed by atoms with E-state index in [1.807, 2.05) is 0 Å². The number of nitrogen functional groups attached to an aromatic ring is 1. The third-order valence-corrected chi connectivity index (χ3v) is 4.97. The molecule has 1 amide bonds. The highest BCUT2D eigenvalue weighted by Crippen LogP contribution is 2.22. The van der Waals surface area contributed by atoms with Gasteiger partial charge in [-0.1, -0.05) is 6.07 Å². The Kier molecular flexibility index (Phi) is 6.52. The number of ether oxygens (including phenoxy) is 1. The van der Waals surface area contributed by atoms with E-state index in [9.17, 15) is 24.0 Å². The van der Waals surface area contributed by atoms with Crippen molar-refractivity contribution in [2.75, 3.05) is 12.3 Å². The average Bonchev–Trinajstić information content (AvgIpc) is 3.17. The lowest BCUT2D eigenvalue weighted by Gasteiger charge is -2.16. The van der Waals surface area contributed by atoms with Crippen LogP contribution in [-0.2, 0) is 28.4 Å². The van der Waals surface area contributed by atoms with E-state index in [-0.39, 0.29) is 18.1 Å². The molecule has 0 bridgehead atoms. The predicted octanol–water partition coefficient (Wildman–Crippen LogP) is -0.279. The van der Waals surface area contributed by atoms with E-state index in [0.29, 0.717) is 0 Å². The number of esters is 1. The first-order chi connectivity index (χ1) is 13.1. The normalized spacial score (nSPS) is 11.7. The molecule has 0 spiro atoms. The van der Waals surface area contributed by atoms with Gasteiger partial charge in [-0.15, -0.1) is 11.3 Å². The number of hydrogen-bond donors (Lipinski definition) is 2. The van der Waals surface area contributed by atoms with E-state index in [4.69, 9.17) is 10.5 Å². The summed E-state index contributed by atoms with van der Waals surface area (Å²) in [5, 5.41) is 4.45. The minimum Gasteiger partial charge on any atom is -0.457 e. The number of carbonyl (C=O) groups excluding carboxylic acids is 3. The largest absolute Gasteiger partial charge is 0.457 e. The fourth-order valence-electron chi connectivity index (χ4n) is 2.52. The topological polar surface area (TPSA) is 142 Å². The second-order valence-corrected chi connectivity index (χ2v) is 7.00. The van der Waals surface area contributed by atoms with Crippen molar-refractivity contribution in [1.82, 2.24) is 14.5 Å². The van der Waals surface area contributed by atoms with Crippen molar-refractivity contribution in [3.05, 3.63) is 48.8 Å². The molecule has 10 nitrogen and oxygen atoms in total. The molecule has 0 aliphatic heterocycles. The van der Waals surface area contributed by atoms with E-state index in [1.165, 1.54) is 32.4 Å². The van der Waals surface area contributed by atoms with Crippen molar-refractivity contribution in [2.24, 2.45) is 14.1 Å². The summed E-state index contributed by atoms with van der Waals surface area (Å²) in [5.74, 6) is -2.18. The van der Waals surface area contributed by atoms with Gasteiger partial charge >= 0.3 is 11.7 Å². The Morgan fingerprint density at radius 3 is 2.50 bits per heavy atom. The number of Topliss-reactive ketones (excluding diaryl/α,β-unsaturated/α-hetero) is 1. The van der Waals surface area contributed by atoms with Crippen molar-refractivity contribution in [2.45, 2.75) is 19.4 Å². The molecular weight excluding hydrogens is 388 g/mol. The van der Waals surface area contributed by atoms with Crippen LogP contribution in [-0.4, -0.2) is 33.4 Å². The van der Waals surface area contributed by atoms with E-state index in [2.05, 4.69) is 5.32 Å². The van der Waals surface area contributed by atoms with Crippen LogP contribution in [0.3, 0.4) is 0 Å². The lowest BCUT2D eigenvalue weighted by molar-refractivity contribution is -0.143. The molecule has 2 heterocycles. The SMILES string of the molecule is CC(=O)NC(CC(=O)OCC(=O)c1c(N)n(C)c(=O)n(C)c1=O)c1cccs1. The van der Waals surface area contributed by atoms with Gasteiger partial charge in [0.2, 0.25) is 11.7 Å². The smallest absolute Gasteiger partial charge is 0.332 e. The van der Waals surface area contributed by atoms with Crippen LogP contribution in [0.25, 0.3) is 0 Å². The van der Waals surface area contributed by atoms with Crippen LogP contribution < -0.4 is 22.3 Å². The van der Waals surface area contributed by atoms with Crippen LogP contribution >= 0.6 is 11.3 Å². The maximum absolute atomic E-state index is 12.3. The van der Waals surface area contributed by atoms with Gasteiger partial charge < -0.3 is 15.8 Å². The summed E-state index contributed by atoms with van der Waals surface area (Å²) in [7, 11) is 2.53. The number of carbonyl (C=O) groups is 3. The van der Waals surface area contributed by atoms with E-state index in [0.717, 1.165) is 14.0 Å². The lowest BCUT2D eigenvalue weighted by atomic mass is 10.1. The molecular formula is C17H20N4O6S. The highest BCUT2D eigenvalue weighted by molar-refractivity contribution is 7.10. The molecule has 2 aromatic rings. The number of nitrogens with two attached hydrogens (primary N) is 1. The molecule has 0 aliphatic carbocycles. The second-order valence-electron chi connectivity index (χ2n) is 6.02. The van der Waals surface area contributed by atoms with Gasteiger partial charge in [-0.3, -0.25) is 28.3 Å². The number of amides is 1. The first-order valence-electron chi connectivity index (χ1n) is 8.18. The van der Waals surface area contributed by atoms with Crippen molar-refractivity contribution < 1.29 is 19.1 Å². The molecule has 150 valence electrons. The third kappa shape index (κ3) is 4.55. The molecule has 0 aliphatic rings. The minimum atomic E-state index is -0.864. The van der Waals surface area contributed by atoms with Gasteiger partial charge in [0, 0.05) is 25.9 Å². The molecule has 0 fully saturated rings. The van der Waals surface area contributed by atoms with Crippen LogP contribution in [0.4, 0.5) is 5.82 Å². The molecule has 1 unspecified atom stereocenters. The fraction of sp³-hybridized carbons (Fsp3) is 0.353. The summed E-state index contributed by atoms with van der Waals surface area (Å²) in [6.07, 6.45) is -0.186. The Balaban J connectivity index is 2.10. The predicted molar refractivity (Wildman–Crippen MR) is 102 cm³/mol. The van der Waals surface area contributed by atoms with Gasteiger partial charge in [0.25, 0.3) is 5.56 Å². The molecule has 2 rings (SSSR count). The van der Waals surface area contributed by atoms with Crippen LogP contribution in [0, 0.1) is 0 Å². The molecule has 1 atom stereocenters. The second kappa shape index (κ2) is 8.65. The number of ketones is 1. The van der Waals surface area contributed by atoms with Gasteiger partial charge in [0.05, 0.1) is 12.5 Å². The maximum Gasteiger partial charge on any atom is 0.332 e. The zero-order valence-corrected chi connectivity index (χ0v) is 16.4. The highest BCUT2D eigenvalue weighted by Gasteiger charge is 2.23. The zero-order chi connectivity index (χ0) is 21.0. The van der Waals surface area contributed by atoms with Gasteiger partial charge in [-0.2, -0.15) is 0 Å². The number of rotatable bonds is 7. The standard InChI is InChI=1S/C17H20N4O6S/c1-9(22)19-10(12-5-4-6-28-12)7-13(24)27-8-11(23)14-15(18)20(2)17(26)21(3)16(14)25/h4-6,10H,7-8,18H2,1-3H3,(H,19,22). The third-order valence-electron chi connectivity index (χ3n) is 3.99. The van der Waals surface area contributed by atoms with Gasteiger partial charge in [0.15, 0.2) is 6.61 Å². The van der Waals surface area contributed by atoms with E-state index < -0.39 is 41.2 Å². The van der Waals surface area contributed by atoms with E-state index >= 15 is 0 Å². The van der Waals surface area contributed by atoms with Crippen molar-refractivity contribution >= 4 is 34.8 Å². The number of nitrogens with zero attached hydrogens (tertiary/aromatic N) is 2. The molecule has 2 aromatic heterocycles. The summed E-state index contributed by atoms with van der Waals surface area (Å²) in [5.41, 5.74) is 3.74. The number of thiophene rings is 1. The van der Waals surface area contributed by atoms with Gasteiger partial charge in [-0.05, 0) is 11.4 Å². The summed E-state index contributed by atoms with van der Waals surface area (Å²) in [6, 6.07) is 2.95. The van der Waals surface area contributed by atoms with Crippen molar-refractivity contribution in [3.63, 3.8) is 0 Å². The first kappa shape index (κ1) is 21.1. The van der Waals surface area contributed by atoms with Gasteiger partial charge in [0.1, 0.15) is 11.4 Å². The molecule has 3 N–H and O–H groups in total. The zero-order valence-electron chi connectivity index (χ0n) is 15.6. The number of nitrogens with one attached hydrogen (secondary N) is 1. The van der Waals surface area contributed by atoms with Gasteiger partial charge in [-0.25, -0.2) is 4.79 Å². The first-order valence-corrected chi connectivity index (χ1v) is 9.06.